The van der Waals surface area contributed by atoms with Crippen molar-refractivity contribution in [2.45, 2.75) is 6.61 Å². The molecule has 0 fully saturated rings. The zero-order valence-corrected chi connectivity index (χ0v) is 9.29. The fourth-order valence-corrected chi connectivity index (χ4v) is 1.46. The van der Waals surface area contributed by atoms with Gasteiger partial charge in [0.15, 0.2) is 17.4 Å². The van der Waals surface area contributed by atoms with Crippen molar-refractivity contribution < 1.29 is 17.9 Å². The number of anilines is 1. The Balaban J connectivity index is 2.17. The molecule has 0 spiro atoms. The molecule has 0 radical (unpaired) electrons. The molecule has 0 saturated heterocycles. The lowest BCUT2D eigenvalue weighted by Gasteiger charge is -2.09. The molecule has 0 atom stereocenters. The van der Waals surface area contributed by atoms with Crippen LogP contribution in [0.3, 0.4) is 0 Å². The predicted molar refractivity (Wildman–Crippen MR) is 61.5 cm³/mol. The number of rotatable bonds is 3. The Kier molecular flexibility index (Phi) is 3.41. The van der Waals surface area contributed by atoms with Gasteiger partial charge in [-0.1, -0.05) is 18.2 Å². The first-order chi connectivity index (χ1) is 8.59. The normalized spacial score (nSPS) is 10.4. The molecule has 2 aromatic carbocycles. The third-order valence-electron chi connectivity index (χ3n) is 2.41. The Labute approximate surface area is 102 Å². The average molecular weight is 253 g/mol. The number of nitrogen functional groups attached to an aromatic ring is 1. The van der Waals surface area contributed by atoms with Crippen molar-refractivity contribution in [1.29, 1.82) is 0 Å². The number of ether oxygens (including phenoxy) is 1. The lowest BCUT2D eigenvalue weighted by atomic mass is 10.2. The van der Waals surface area contributed by atoms with Crippen molar-refractivity contribution in [2.75, 3.05) is 5.73 Å². The second-order valence-electron chi connectivity index (χ2n) is 3.66. The summed E-state index contributed by atoms with van der Waals surface area (Å²) in [5.41, 5.74) is 5.54. The van der Waals surface area contributed by atoms with Gasteiger partial charge in [-0.3, -0.25) is 0 Å². The zero-order valence-electron chi connectivity index (χ0n) is 9.29. The van der Waals surface area contributed by atoms with Crippen LogP contribution in [0, 0.1) is 17.5 Å². The minimum absolute atomic E-state index is 0.0178. The van der Waals surface area contributed by atoms with Crippen LogP contribution >= 0.6 is 0 Å². The van der Waals surface area contributed by atoms with Gasteiger partial charge in [0.05, 0.1) is 5.69 Å². The Morgan fingerprint density at radius 2 is 1.67 bits per heavy atom. The summed E-state index contributed by atoms with van der Waals surface area (Å²) in [6.45, 7) is -0.225. The van der Waals surface area contributed by atoms with Crippen LogP contribution in [0.25, 0.3) is 0 Å². The van der Waals surface area contributed by atoms with E-state index in [1.807, 2.05) is 0 Å². The molecule has 5 heteroatoms. The number of nitrogens with two attached hydrogens (primary N) is 1. The van der Waals surface area contributed by atoms with E-state index in [0.29, 0.717) is 0 Å². The molecule has 0 heterocycles. The van der Waals surface area contributed by atoms with E-state index in [9.17, 15) is 13.2 Å². The standard InChI is InChI=1S/C13H10F3NO/c14-9-4-2-6-11(13(9)16)18-7-8-3-1-5-10(17)12(8)15/h1-6H,7,17H2. The quantitative estimate of drug-likeness (QED) is 0.852. The third kappa shape index (κ3) is 2.40. The molecule has 0 aliphatic rings. The van der Waals surface area contributed by atoms with Crippen LogP contribution < -0.4 is 10.5 Å². The van der Waals surface area contributed by atoms with Gasteiger partial charge < -0.3 is 10.5 Å². The summed E-state index contributed by atoms with van der Waals surface area (Å²) in [7, 11) is 0. The topological polar surface area (TPSA) is 35.2 Å². The first kappa shape index (κ1) is 12.3. The summed E-state index contributed by atoms with van der Waals surface area (Å²) in [4.78, 5) is 0. The summed E-state index contributed by atoms with van der Waals surface area (Å²) in [6.07, 6.45) is 0. The lowest BCUT2D eigenvalue weighted by molar-refractivity contribution is 0.279. The molecule has 2 nitrogen and oxygen atoms in total. The zero-order chi connectivity index (χ0) is 13.1. The maximum atomic E-state index is 13.5. The van der Waals surface area contributed by atoms with Crippen molar-refractivity contribution in [2.24, 2.45) is 0 Å². The minimum Gasteiger partial charge on any atom is -0.486 e. The van der Waals surface area contributed by atoms with Crippen LogP contribution in [-0.2, 0) is 6.61 Å². The van der Waals surface area contributed by atoms with Crippen molar-refractivity contribution >= 4 is 5.69 Å². The van der Waals surface area contributed by atoms with Gasteiger partial charge in [0.2, 0.25) is 5.82 Å². The van der Waals surface area contributed by atoms with Gasteiger partial charge in [0, 0.05) is 5.56 Å². The van der Waals surface area contributed by atoms with Crippen LogP contribution in [0.2, 0.25) is 0 Å². The number of benzene rings is 2. The molecule has 0 aliphatic heterocycles. The van der Waals surface area contributed by atoms with E-state index in [4.69, 9.17) is 10.5 Å². The van der Waals surface area contributed by atoms with E-state index < -0.39 is 17.5 Å². The molecular weight excluding hydrogens is 243 g/mol. The number of halogens is 3. The van der Waals surface area contributed by atoms with E-state index in [1.165, 1.54) is 24.3 Å². The Morgan fingerprint density at radius 1 is 0.944 bits per heavy atom. The maximum absolute atomic E-state index is 13.5. The van der Waals surface area contributed by atoms with Gasteiger partial charge in [0.25, 0.3) is 0 Å². The molecule has 94 valence electrons. The smallest absolute Gasteiger partial charge is 0.200 e. The summed E-state index contributed by atoms with van der Waals surface area (Å²) >= 11 is 0. The molecule has 0 aliphatic carbocycles. The van der Waals surface area contributed by atoms with Gasteiger partial charge in [0.1, 0.15) is 6.61 Å². The lowest BCUT2D eigenvalue weighted by Crippen LogP contribution is -2.03. The maximum Gasteiger partial charge on any atom is 0.200 e. The van der Waals surface area contributed by atoms with Gasteiger partial charge in [-0.05, 0) is 18.2 Å². The van der Waals surface area contributed by atoms with E-state index in [1.54, 1.807) is 6.07 Å². The SMILES string of the molecule is Nc1cccc(COc2cccc(F)c2F)c1F. The largest absolute Gasteiger partial charge is 0.486 e. The summed E-state index contributed by atoms with van der Waals surface area (Å²) < 4.78 is 44.7. The Bertz CT molecular complexity index is 521. The highest BCUT2D eigenvalue weighted by Gasteiger charge is 2.11. The molecule has 0 bridgehead atoms. The molecule has 0 saturated carbocycles. The van der Waals surface area contributed by atoms with Crippen LogP contribution in [0.1, 0.15) is 5.56 Å². The number of hydrogen-bond acceptors (Lipinski definition) is 2. The first-order valence-electron chi connectivity index (χ1n) is 5.19. The van der Waals surface area contributed by atoms with Crippen LogP contribution in [0.4, 0.5) is 18.9 Å². The molecule has 0 unspecified atom stereocenters. The molecule has 0 aromatic heterocycles. The first-order valence-corrected chi connectivity index (χ1v) is 5.19. The monoisotopic (exact) mass is 253 g/mol. The minimum atomic E-state index is -1.10. The van der Waals surface area contributed by atoms with E-state index in [2.05, 4.69) is 0 Å². The highest BCUT2D eigenvalue weighted by atomic mass is 19.2. The Hall–Kier alpha value is -2.17. The summed E-state index contributed by atoms with van der Waals surface area (Å²) in [5.74, 6) is -2.99. The Morgan fingerprint density at radius 3 is 2.44 bits per heavy atom. The van der Waals surface area contributed by atoms with Crippen LogP contribution in [-0.4, -0.2) is 0 Å². The van der Waals surface area contributed by atoms with Gasteiger partial charge in [-0.2, -0.15) is 4.39 Å². The number of hydrogen-bond donors (Lipinski definition) is 1. The highest BCUT2D eigenvalue weighted by Crippen LogP contribution is 2.22. The fraction of sp³-hybridized carbons (Fsp3) is 0.0769. The van der Waals surface area contributed by atoms with Crippen molar-refractivity contribution in [1.82, 2.24) is 0 Å². The second-order valence-corrected chi connectivity index (χ2v) is 3.66. The highest BCUT2D eigenvalue weighted by molar-refractivity contribution is 5.42. The van der Waals surface area contributed by atoms with Crippen molar-refractivity contribution in [3.8, 4) is 5.75 Å². The van der Waals surface area contributed by atoms with Crippen molar-refractivity contribution in [3.63, 3.8) is 0 Å². The van der Waals surface area contributed by atoms with E-state index in [0.717, 1.165) is 6.07 Å². The summed E-state index contributed by atoms with van der Waals surface area (Å²) in [5, 5.41) is 0. The summed E-state index contributed by atoms with van der Waals surface area (Å²) in [6, 6.07) is 7.97. The molecule has 2 rings (SSSR count). The van der Waals surface area contributed by atoms with Crippen LogP contribution in [0.5, 0.6) is 5.75 Å². The molecule has 2 aromatic rings. The van der Waals surface area contributed by atoms with Crippen molar-refractivity contribution in [3.05, 3.63) is 59.4 Å². The molecule has 2 N–H and O–H groups in total. The van der Waals surface area contributed by atoms with Gasteiger partial charge >= 0.3 is 0 Å². The van der Waals surface area contributed by atoms with Crippen LogP contribution in [0.15, 0.2) is 36.4 Å². The van der Waals surface area contributed by atoms with Gasteiger partial charge in [-0.25, -0.2) is 8.78 Å². The average Bonchev–Trinajstić information content (AvgIpc) is 2.36. The second kappa shape index (κ2) is 5.00. The third-order valence-corrected chi connectivity index (χ3v) is 2.41. The van der Waals surface area contributed by atoms with Gasteiger partial charge in [-0.15, -0.1) is 0 Å². The molecule has 0 amide bonds. The van der Waals surface area contributed by atoms with E-state index in [-0.39, 0.29) is 23.6 Å². The fourth-order valence-electron chi connectivity index (χ4n) is 1.46. The molecular formula is C13H10F3NO. The van der Waals surface area contributed by atoms with E-state index >= 15 is 0 Å². The molecule has 18 heavy (non-hydrogen) atoms. The predicted octanol–water partition coefficient (Wildman–Crippen LogP) is 3.27.